The lowest BCUT2D eigenvalue weighted by Crippen LogP contribution is -2.30. The van der Waals surface area contributed by atoms with E-state index in [2.05, 4.69) is 20.6 Å². The van der Waals surface area contributed by atoms with Crippen molar-refractivity contribution in [3.8, 4) is 0 Å². The fraction of sp³-hybridized carbons (Fsp3) is 0.467. The summed E-state index contributed by atoms with van der Waals surface area (Å²) in [6, 6.07) is 4.06. The van der Waals surface area contributed by atoms with E-state index in [-0.39, 0.29) is 0 Å². The third-order valence-corrected chi connectivity index (χ3v) is 4.25. The summed E-state index contributed by atoms with van der Waals surface area (Å²) in [6.07, 6.45) is 3.31. The summed E-state index contributed by atoms with van der Waals surface area (Å²) in [5.41, 5.74) is 0.908. The standard InChI is InChI=1S/C15H20N4O2S/c20-13(11-4-7-22-10-11)8-17-15-16-5-3-14(19-15)18-12-2-1-6-21-9-12/h3-5,7,10,12-13,20H,1-2,6,8-9H2,(H2,16,17,18,19)/t12-,13-/m0/s1. The maximum Gasteiger partial charge on any atom is 0.224 e. The van der Waals surface area contributed by atoms with Crippen molar-refractivity contribution in [2.75, 3.05) is 30.4 Å². The second-order valence-electron chi connectivity index (χ2n) is 5.28. The largest absolute Gasteiger partial charge is 0.387 e. The molecular weight excluding hydrogens is 300 g/mol. The zero-order valence-electron chi connectivity index (χ0n) is 12.2. The van der Waals surface area contributed by atoms with Crippen LogP contribution in [0.15, 0.2) is 29.1 Å². The average molecular weight is 320 g/mol. The van der Waals surface area contributed by atoms with Crippen LogP contribution in [-0.4, -0.2) is 40.9 Å². The Kier molecular flexibility index (Phi) is 5.20. The van der Waals surface area contributed by atoms with Gasteiger partial charge in [-0.05, 0) is 41.3 Å². The Morgan fingerprint density at radius 3 is 3.18 bits per heavy atom. The molecule has 0 aromatic carbocycles. The summed E-state index contributed by atoms with van der Waals surface area (Å²) in [6.45, 7) is 1.94. The van der Waals surface area contributed by atoms with Crippen LogP contribution in [-0.2, 0) is 4.74 Å². The van der Waals surface area contributed by atoms with Crippen molar-refractivity contribution in [3.63, 3.8) is 0 Å². The first-order valence-electron chi connectivity index (χ1n) is 7.42. The van der Waals surface area contributed by atoms with E-state index in [0.717, 1.165) is 30.8 Å². The molecule has 0 bridgehead atoms. The highest BCUT2D eigenvalue weighted by Crippen LogP contribution is 2.17. The summed E-state index contributed by atoms with van der Waals surface area (Å²) in [4.78, 5) is 8.61. The van der Waals surface area contributed by atoms with Crippen molar-refractivity contribution in [1.29, 1.82) is 0 Å². The SMILES string of the molecule is O[C@@H](CNc1nccc(N[C@H]2CCCOC2)n1)c1ccsc1. The van der Waals surface area contributed by atoms with Gasteiger partial charge in [-0.15, -0.1) is 0 Å². The summed E-state index contributed by atoms with van der Waals surface area (Å²) < 4.78 is 5.45. The lowest BCUT2D eigenvalue weighted by Gasteiger charge is -2.23. The summed E-state index contributed by atoms with van der Waals surface area (Å²) in [5, 5.41) is 20.4. The van der Waals surface area contributed by atoms with Crippen molar-refractivity contribution < 1.29 is 9.84 Å². The van der Waals surface area contributed by atoms with Gasteiger partial charge < -0.3 is 20.5 Å². The monoisotopic (exact) mass is 320 g/mol. The maximum atomic E-state index is 10.1. The molecule has 22 heavy (non-hydrogen) atoms. The lowest BCUT2D eigenvalue weighted by atomic mass is 10.1. The van der Waals surface area contributed by atoms with Crippen molar-refractivity contribution in [3.05, 3.63) is 34.7 Å². The summed E-state index contributed by atoms with van der Waals surface area (Å²) in [7, 11) is 0. The van der Waals surface area contributed by atoms with Gasteiger partial charge in [-0.1, -0.05) is 0 Å². The van der Waals surface area contributed by atoms with Gasteiger partial charge >= 0.3 is 0 Å². The van der Waals surface area contributed by atoms with Gasteiger partial charge in [0.2, 0.25) is 5.95 Å². The minimum absolute atomic E-state index is 0.299. The third kappa shape index (κ3) is 4.16. The Labute approximate surface area is 133 Å². The van der Waals surface area contributed by atoms with Gasteiger partial charge in [0.1, 0.15) is 5.82 Å². The van der Waals surface area contributed by atoms with Gasteiger partial charge in [-0.25, -0.2) is 4.98 Å². The van der Waals surface area contributed by atoms with Gasteiger partial charge in [0.15, 0.2) is 0 Å². The number of ether oxygens (including phenoxy) is 1. The molecule has 1 aliphatic heterocycles. The van der Waals surface area contributed by atoms with Crippen molar-refractivity contribution in [2.45, 2.75) is 25.0 Å². The second-order valence-corrected chi connectivity index (χ2v) is 6.06. The zero-order chi connectivity index (χ0) is 15.2. The van der Waals surface area contributed by atoms with Crippen LogP contribution in [0.2, 0.25) is 0 Å². The number of aliphatic hydroxyl groups is 1. The number of thiophene rings is 1. The van der Waals surface area contributed by atoms with E-state index >= 15 is 0 Å². The van der Waals surface area contributed by atoms with Crippen molar-refractivity contribution in [2.24, 2.45) is 0 Å². The predicted molar refractivity (Wildman–Crippen MR) is 87.3 cm³/mol. The highest BCUT2D eigenvalue weighted by molar-refractivity contribution is 7.07. The average Bonchev–Trinajstić information content (AvgIpc) is 3.08. The first-order chi connectivity index (χ1) is 10.8. The quantitative estimate of drug-likeness (QED) is 0.758. The number of hydrogen-bond donors (Lipinski definition) is 3. The van der Waals surface area contributed by atoms with Crippen LogP contribution in [0.5, 0.6) is 0 Å². The van der Waals surface area contributed by atoms with E-state index in [1.165, 1.54) is 0 Å². The molecule has 3 rings (SSSR count). The number of hydrogen-bond acceptors (Lipinski definition) is 7. The van der Waals surface area contributed by atoms with E-state index in [1.807, 2.05) is 22.9 Å². The number of nitrogens with one attached hydrogen (secondary N) is 2. The van der Waals surface area contributed by atoms with Gasteiger partial charge in [0.25, 0.3) is 0 Å². The Hall–Kier alpha value is -1.70. The molecule has 2 atom stereocenters. The molecule has 2 aromatic rings. The number of aromatic nitrogens is 2. The Balaban J connectivity index is 1.54. The number of nitrogens with zero attached hydrogens (tertiary/aromatic N) is 2. The third-order valence-electron chi connectivity index (χ3n) is 3.55. The highest BCUT2D eigenvalue weighted by Gasteiger charge is 2.14. The van der Waals surface area contributed by atoms with Crippen LogP contribution < -0.4 is 10.6 Å². The van der Waals surface area contributed by atoms with E-state index in [0.29, 0.717) is 25.1 Å². The lowest BCUT2D eigenvalue weighted by molar-refractivity contribution is 0.0875. The Morgan fingerprint density at radius 2 is 2.41 bits per heavy atom. The molecule has 1 aliphatic rings. The topological polar surface area (TPSA) is 79.3 Å². The molecule has 0 aliphatic carbocycles. The van der Waals surface area contributed by atoms with Gasteiger partial charge in [-0.3, -0.25) is 0 Å². The molecule has 2 aromatic heterocycles. The van der Waals surface area contributed by atoms with Crippen LogP contribution in [0.3, 0.4) is 0 Å². The molecule has 6 nitrogen and oxygen atoms in total. The molecule has 0 unspecified atom stereocenters. The fourth-order valence-corrected chi connectivity index (χ4v) is 3.07. The molecule has 1 fully saturated rings. The van der Waals surface area contributed by atoms with Gasteiger partial charge in [0, 0.05) is 19.3 Å². The molecule has 0 spiro atoms. The first-order valence-corrected chi connectivity index (χ1v) is 8.37. The predicted octanol–water partition coefficient (Wildman–Crippen LogP) is 2.27. The number of rotatable bonds is 6. The summed E-state index contributed by atoms with van der Waals surface area (Å²) >= 11 is 1.57. The van der Waals surface area contributed by atoms with Crippen LogP contribution in [0.4, 0.5) is 11.8 Å². The maximum absolute atomic E-state index is 10.1. The van der Waals surface area contributed by atoms with Crippen molar-refractivity contribution in [1.82, 2.24) is 9.97 Å². The van der Waals surface area contributed by atoms with Gasteiger partial charge in [0.05, 0.1) is 18.8 Å². The fourth-order valence-electron chi connectivity index (χ4n) is 2.36. The molecule has 3 N–H and O–H groups in total. The number of aliphatic hydroxyl groups excluding tert-OH is 1. The van der Waals surface area contributed by atoms with Crippen LogP contribution in [0, 0.1) is 0 Å². The van der Waals surface area contributed by atoms with E-state index in [9.17, 15) is 5.11 Å². The number of anilines is 2. The molecule has 7 heteroatoms. The Bertz CT molecular complexity index is 573. The van der Waals surface area contributed by atoms with Crippen LogP contribution >= 0.6 is 11.3 Å². The Morgan fingerprint density at radius 1 is 1.45 bits per heavy atom. The van der Waals surface area contributed by atoms with Gasteiger partial charge in [-0.2, -0.15) is 16.3 Å². The first kappa shape index (κ1) is 15.2. The molecule has 0 radical (unpaired) electrons. The molecule has 118 valence electrons. The summed E-state index contributed by atoms with van der Waals surface area (Å²) in [5.74, 6) is 1.29. The smallest absolute Gasteiger partial charge is 0.224 e. The van der Waals surface area contributed by atoms with Crippen molar-refractivity contribution >= 4 is 23.1 Å². The van der Waals surface area contributed by atoms with E-state index < -0.39 is 6.10 Å². The van der Waals surface area contributed by atoms with E-state index in [1.54, 1.807) is 17.5 Å². The molecule has 3 heterocycles. The minimum atomic E-state index is -0.557. The molecule has 0 amide bonds. The minimum Gasteiger partial charge on any atom is -0.387 e. The normalized spacial score (nSPS) is 19.6. The van der Waals surface area contributed by atoms with Crippen LogP contribution in [0.1, 0.15) is 24.5 Å². The second kappa shape index (κ2) is 7.53. The zero-order valence-corrected chi connectivity index (χ0v) is 13.1. The molecule has 1 saturated heterocycles. The molecule has 0 saturated carbocycles. The highest BCUT2D eigenvalue weighted by atomic mass is 32.1. The van der Waals surface area contributed by atoms with Crippen LogP contribution in [0.25, 0.3) is 0 Å². The van der Waals surface area contributed by atoms with E-state index in [4.69, 9.17) is 4.74 Å². The molecular formula is C15H20N4O2S.